The lowest BCUT2D eigenvalue weighted by molar-refractivity contribution is -0.119. The SMILES string of the molecule is CCCC(=O)NC(=S)Nc1ccc(N2CCCCC2)c(F)c1. The lowest BCUT2D eigenvalue weighted by Crippen LogP contribution is -2.34. The van der Waals surface area contributed by atoms with E-state index in [4.69, 9.17) is 12.2 Å². The molecule has 1 aromatic carbocycles. The Bertz CT molecular complexity index is 544. The number of carbonyl (C=O) groups is 1. The van der Waals surface area contributed by atoms with Crippen LogP contribution in [0.5, 0.6) is 0 Å². The van der Waals surface area contributed by atoms with Gasteiger partial charge in [-0.15, -0.1) is 0 Å². The van der Waals surface area contributed by atoms with Crippen LogP contribution in [0.25, 0.3) is 0 Å². The molecule has 6 heteroatoms. The molecular weight excluding hydrogens is 301 g/mol. The van der Waals surface area contributed by atoms with Gasteiger partial charge in [-0.25, -0.2) is 4.39 Å². The molecule has 120 valence electrons. The Morgan fingerprint density at radius 3 is 2.68 bits per heavy atom. The van der Waals surface area contributed by atoms with Gasteiger partial charge in [-0.2, -0.15) is 0 Å². The van der Waals surface area contributed by atoms with Crippen LogP contribution in [0.2, 0.25) is 0 Å². The van der Waals surface area contributed by atoms with Gasteiger partial charge in [0.05, 0.1) is 5.69 Å². The molecule has 22 heavy (non-hydrogen) atoms. The Morgan fingerprint density at radius 1 is 1.32 bits per heavy atom. The Hall–Kier alpha value is -1.69. The van der Waals surface area contributed by atoms with Gasteiger partial charge in [-0.3, -0.25) is 4.79 Å². The Kier molecular flexibility index (Phi) is 6.12. The average molecular weight is 323 g/mol. The number of benzene rings is 1. The van der Waals surface area contributed by atoms with Gasteiger partial charge >= 0.3 is 0 Å². The highest BCUT2D eigenvalue weighted by molar-refractivity contribution is 7.80. The van der Waals surface area contributed by atoms with E-state index in [1.807, 2.05) is 6.92 Å². The summed E-state index contributed by atoms with van der Waals surface area (Å²) in [4.78, 5) is 13.5. The molecule has 0 radical (unpaired) electrons. The molecule has 1 fully saturated rings. The van der Waals surface area contributed by atoms with Crippen LogP contribution >= 0.6 is 12.2 Å². The van der Waals surface area contributed by atoms with Gasteiger partial charge in [0.1, 0.15) is 5.82 Å². The lowest BCUT2D eigenvalue weighted by Gasteiger charge is -2.29. The molecule has 0 bridgehead atoms. The minimum atomic E-state index is -0.269. The first kappa shape index (κ1) is 16.7. The molecule has 0 aromatic heterocycles. The maximum Gasteiger partial charge on any atom is 0.226 e. The molecule has 0 spiro atoms. The summed E-state index contributed by atoms with van der Waals surface area (Å²) in [5.41, 5.74) is 1.17. The van der Waals surface area contributed by atoms with Crippen molar-refractivity contribution < 1.29 is 9.18 Å². The second kappa shape index (κ2) is 8.08. The molecular formula is C16H22FN3OS. The van der Waals surface area contributed by atoms with Crippen molar-refractivity contribution in [3.63, 3.8) is 0 Å². The van der Waals surface area contributed by atoms with Crippen LogP contribution in [-0.4, -0.2) is 24.1 Å². The minimum Gasteiger partial charge on any atom is -0.369 e. The van der Waals surface area contributed by atoms with Gasteiger partial charge in [0.15, 0.2) is 5.11 Å². The van der Waals surface area contributed by atoms with Crippen molar-refractivity contribution in [2.75, 3.05) is 23.3 Å². The quantitative estimate of drug-likeness (QED) is 0.833. The maximum absolute atomic E-state index is 14.3. The fourth-order valence-corrected chi connectivity index (χ4v) is 2.79. The largest absolute Gasteiger partial charge is 0.369 e. The molecule has 2 rings (SSSR count). The van der Waals surface area contributed by atoms with Crippen LogP contribution in [0.4, 0.5) is 15.8 Å². The topological polar surface area (TPSA) is 44.4 Å². The summed E-state index contributed by atoms with van der Waals surface area (Å²) < 4.78 is 14.3. The Morgan fingerprint density at radius 2 is 2.05 bits per heavy atom. The first-order valence-electron chi connectivity index (χ1n) is 7.75. The normalized spacial score (nSPS) is 14.5. The number of rotatable bonds is 4. The predicted octanol–water partition coefficient (Wildman–Crippen LogP) is 3.43. The summed E-state index contributed by atoms with van der Waals surface area (Å²) in [6.07, 6.45) is 4.60. The number of hydrogen-bond acceptors (Lipinski definition) is 3. The van der Waals surface area contributed by atoms with Crippen LogP contribution in [0.3, 0.4) is 0 Å². The summed E-state index contributed by atoms with van der Waals surface area (Å²) in [7, 11) is 0. The maximum atomic E-state index is 14.3. The van der Waals surface area contributed by atoms with Crippen molar-refractivity contribution >= 4 is 34.6 Å². The van der Waals surface area contributed by atoms with E-state index < -0.39 is 0 Å². The number of hydrogen-bond donors (Lipinski definition) is 2. The predicted molar refractivity (Wildman–Crippen MR) is 91.7 cm³/mol. The highest BCUT2D eigenvalue weighted by Crippen LogP contribution is 2.25. The van der Waals surface area contributed by atoms with Crippen LogP contribution < -0.4 is 15.5 Å². The van der Waals surface area contributed by atoms with Crippen molar-refractivity contribution in [3.8, 4) is 0 Å². The van der Waals surface area contributed by atoms with Crippen molar-refractivity contribution in [1.29, 1.82) is 0 Å². The Labute approximate surface area is 136 Å². The standard InChI is InChI=1S/C16H22FN3OS/c1-2-6-15(21)19-16(22)18-12-7-8-14(13(17)11-12)20-9-4-3-5-10-20/h7-8,11H,2-6,9-10H2,1H3,(H2,18,19,21,22). The molecule has 1 amide bonds. The molecule has 1 heterocycles. The number of amides is 1. The molecule has 0 aliphatic carbocycles. The molecule has 2 N–H and O–H groups in total. The third-order valence-electron chi connectivity index (χ3n) is 3.63. The van der Waals surface area contributed by atoms with E-state index in [-0.39, 0.29) is 16.8 Å². The lowest BCUT2D eigenvalue weighted by atomic mass is 10.1. The summed E-state index contributed by atoms with van der Waals surface area (Å²) >= 11 is 5.05. The fourth-order valence-electron chi connectivity index (χ4n) is 2.55. The molecule has 0 unspecified atom stereocenters. The summed E-state index contributed by atoms with van der Waals surface area (Å²) in [6.45, 7) is 3.72. The van der Waals surface area contributed by atoms with Gasteiger partial charge in [0.2, 0.25) is 5.91 Å². The number of thiocarbonyl (C=S) groups is 1. The van der Waals surface area contributed by atoms with Gasteiger partial charge in [-0.05, 0) is 56.1 Å². The number of halogens is 1. The van der Waals surface area contributed by atoms with Crippen LogP contribution in [-0.2, 0) is 4.79 Å². The fraction of sp³-hybridized carbons (Fsp3) is 0.500. The van der Waals surface area contributed by atoms with E-state index in [0.29, 0.717) is 17.8 Å². The monoisotopic (exact) mass is 323 g/mol. The van der Waals surface area contributed by atoms with Crippen molar-refractivity contribution in [2.45, 2.75) is 39.0 Å². The second-order valence-corrected chi connectivity index (χ2v) is 5.87. The third-order valence-corrected chi connectivity index (χ3v) is 3.84. The molecule has 0 atom stereocenters. The van der Waals surface area contributed by atoms with Gasteiger partial charge in [0, 0.05) is 25.2 Å². The zero-order valence-corrected chi connectivity index (χ0v) is 13.6. The number of piperidine rings is 1. The van der Waals surface area contributed by atoms with Gasteiger partial charge < -0.3 is 15.5 Å². The van der Waals surface area contributed by atoms with E-state index in [1.165, 1.54) is 12.5 Å². The molecule has 0 saturated carbocycles. The number of anilines is 2. The summed E-state index contributed by atoms with van der Waals surface area (Å²) in [6, 6.07) is 4.97. The first-order valence-corrected chi connectivity index (χ1v) is 8.16. The van der Waals surface area contributed by atoms with Crippen LogP contribution in [0, 0.1) is 5.82 Å². The number of carbonyl (C=O) groups excluding carboxylic acids is 1. The zero-order valence-electron chi connectivity index (χ0n) is 12.8. The van der Waals surface area contributed by atoms with E-state index in [0.717, 1.165) is 32.4 Å². The molecule has 1 aliphatic heterocycles. The summed E-state index contributed by atoms with van der Waals surface area (Å²) in [5, 5.41) is 5.62. The summed E-state index contributed by atoms with van der Waals surface area (Å²) in [5.74, 6) is -0.403. The van der Waals surface area contributed by atoms with Crippen molar-refractivity contribution in [3.05, 3.63) is 24.0 Å². The third kappa shape index (κ3) is 4.66. The number of nitrogens with zero attached hydrogens (tertiary/aromatic N) is 1. The van der Waals surface area contributed by atoms with E-state index in [1.54, 1.807) is 12.1 Å². The second-order valence-electron chi connectivity index (χ2n) is 5.47. The number of nitrogens with one attached hydrogen (secondary N) is 2. The minimum absolute atomic E-state index is 0.134. The average Bonchev–Trinajstić information content (AvgIpc) is 2.48. The molecule has 4 nitrogen and oxygen atoms in total. The highest BCUT2D eigenvalue weighted by Gasteiger charge is 2.15. The van der Waals surface area contributed by atoms with Crippen LogP contribution in [0.15, 0.2) is 18.2 Å². The van der Waals surface area contributed by atoms with E-state index in [2.05, 4.69) is 15.5 Å². The van der Waals surface area contributed by atoms with Crippen LogP contribution in [0.1, 0.15) is 39.0 Å². The van der Waals surface area contributed by atoms with Gasteiger partial charge in [0.25, 0.3) is 0 Å². The van der Waals surface area contributed by atoms with Crippen molar-refractivity contribution in [1.82, 2.24) is 5.32 Å². The smallest absolute Gasteiger partial charge is 0.226 e. The first-order chi connectivity index (χ1) is 10.6. The van der Waals surface area contributed by atoms with Gasteiger partial charge in [-0.1, -0.05) is 6.92 Å². The van der Waals surface area contributed by atoms with E-state index >= 15 is 0 Å². The Balaban J connectivity index is 1.96. The van der Waals surface area contributed by atoms with E-state index in [9.17, 15) is 9.18 Å². The molecule has 1 aromatic rings. The van der Waals surface area contributed by atoms with Crippen molar-refractivity contribution in [2.24, 2.45) is 0 Å². The zero-order chi connectivity index (χ0) is 15.9. The highest BCUT2D eigenvalue weighted by atomic mass is 32.1. The molecule has 1 saturated heterocycles. The molecule has 1 aliphatic rings.